The molecule has 0 atom stereocenters. The number of nitrogens with one attached hydrogen (secondary N) is 1. The Labute approximate surface area is 136 Å². The van der Waals surface area contributed by atoms with Gasteiger partial charge in [0, 0.05) is 17.6 Å². The summed E-state index contributed by atoms with van der Waals surface area (Å²) in [7, 11) is 0. The third-order valence-electron chi connectivity index (χ3n) is 2.80. The molecule has 0 aliphatic heterocycles. The predicted octanol–water partition coefficient (Wildman–Crippen LogP) is 2.34. The van der Waals surface area contributed by atoms with Gasteiger partial charge in [0.25, 0.3) is 0 Å². The second kappa shape index (κ2) is 9.30. The number of hydrogen-bond acceptors (Lipinski definition) is 6. The van der Waals surface area contributed by atoms with Crippen molar-refractivity contribution < 1.29 is 19.1 Å². The molecule has 3 N–H and O–H groups in total. The molecule has 0 saturated carbocycles. The Morgan fingerprint density at radius 1 is 1.09 bits per heavy atom. The van der Waals surface area contributed by atoms with Crippen molar-refractivity contribution in [3.63, 3.8) is 0 Å². The minimum absolute atomic E-state index is 0.00580. The zero-order valence-electron chi connectivity index (χ0n) is 13.6. The molecule has 1 rings (SSSR count). The van der Waals surface area contributed by atoms with Crippen molar-refractivity contribution >= 4 is 17.6 Å². The highest BCUT2D eigenvalue weighted by Gasteiger charge is 2.25. The molecule has 6 nitrogen and oxygen atoms in total. The summed E-state index contributed by atoms with van der Waals surface area (Å²) in [6.07, 6.45) is 1.40. The van der Waals surface area contributed by atoms with E-state index in [1.54, 1.807) is 13.8 Å². The van der Waals surface area contributed by atoms with Crippen molar-refractivity contribution in [3.05, 3.63) is 53.4 Å². The van der Waals surface area contributed by atoms with Crippen LogP contribution in [0.5, 0.6) is 0 Å². The van der Waals surface area contributed by atoms with Crippen LogP contribution in [0.25, 0.3) is 0 Å². The van der Waals surface area contributed by atoms with Crippen LogP contribution in [0.3, 0.4) is 0 Å². The summed E-state index contributed by atoms with van der Waals surface area (Å²) in [5.41, 5.74) is 6.73. The molecule has 0 amide bonds. The second-order valence-corrected chi connectivity index (χ2v) is 4.57. The molecule has 0 fully saturated rings. The molecular weight excluding hydrogens is 296 g/mol. The molecule has 23 heavy (non-hydrogen) atoms. The fourth-order valence-corrected chi connectivity index (χ4v) is 1.82. The van der Waals surface area contributed by atoms with E-state index in [4.69, 9.17) is 15.2 Å². The summed E-state index contributed by atoms with van der Waals surface area (Å²) in [6, 6.07) is 9.20. The van der Waals surface area contributed by atoms with Crippen molar-refractivity contribution in [2.45, 2.75) is 20.8 Å². The van der Waals surface area contributed by atoms with E-state index in [0.29, 0.717) is 0 Å². The number of nitrogens with two attached hydrogens (primary N) is 1. The van der Waals surface area contributed by atoms with Crippen molar-refractivity contribution in [3.8, 4) is 0 Å². The highest BCUT2D eigenvalue weighted by molar-refractivity contribution is 6.07. The van der Waals surface area contributed by atoms with E-state index < -0.39 is 11.9 Å². The van der Waals surface area contributed by atoms with Crippen LogP contribution in [0.1, 0.15) is 20.8 Å². The summed E-state index contributed by atoms with van der Waals surface area (Å²) in [5.74, 6) is -1.31. The van der Waals surface area contributed by atoms with Crippen LogP contribution in [0.15, 0.2) is 53.4 Å². The fraction of sp³-hybridized carbons (Fsp3) is 0.294. The van der Waals surface area contributed by atoms with Crippen LogP contribution in [0.2, 0.25) is 0 Å². The highest BCUT2D eigenvalue weighted by Crippen LogP contribution is 2.18. The topological polar surface area (TPSA) is 90.6 Å². The Bertz CT molecular complexity index is 602. The molecule has 6 heteroatoms. The first-order valence-electron chi connectivity index (χ1n) is 7.33. The Hall–Kier alpha value is -2.76. The highest BCUT2D eigenvalue weighted by atomic mass is 16.5. The quantitative estimate of drug-likeness (QED) is 0.455. The SMILES string of the molecule is CCOC(=O)C(=C/Nc1ccccc1)/C(C(=O)OCC)=C(/C)N. The summed E-state index contributed by atoms with van der Waals surface area (Å²) in [5, 5.41) is 2.96. The van der Waals surface area contributed by atoms with E-state index in [2.05, 4.69) is 5.32 Å². The van der Waals surface area contributed by atoms with Gasteiger partial charge in [-0.3, -0.25) is 0 Å². The smallest absolute Gasteiger partial charge is 0.340 e. The number of esters is 2. The van der Waals surface area contributed by atoms with Gasteiger partial charge in [-0.05, 0) is 32.9 Å². The van der Waals surface area contributed by atoms with Gasteiger partial charge in [0.15, 0.2) is 0 Å². The van der Waals surface area contributed by atoms with Gasteiger partial charge < -0.3 is 20.5 Å². The Balaban J connectivity index is 3.20. The van der Waals surface area contributed by atoms with Crippen LogP contribution < -0.4 is 11.1 Å². The molecule has 0 radical (unpaired) electrons. The number of rotatable bonds is 7. The maximum Gasteiger partial charge on any atom is 0.340 e. The average Bonchev–Trinajstić information content (AvgIpc) is 2.52. The van der Waals surface area contributed by atoms with Crippen LogP contribution >= 0.6 is 0 Å². The second-order valence-electron chi connectivity index (χ2n) is 4.57. The van der Waals surface area contributed by atoms with Crippen molar-refractivity contribution in [1.82, 2.24) is 0 Å². The first-order valence-corrected chi connectivity index (χ1v) is 7.33. The number of ether oxygens (including phenoxy) is 2. The predicted molar refractivity (Wildman–Crippen MR) is 88.3 cm³/mol. The molecule has 0 aromatic heterocycles. The van der Waals surface area contributed by atoms with Gasteiger partial charge in [0.1, 0.15) is 0 Å². The number of para-hydroxylation sites is 1. The normalized spacial score (nSPS) is 12.2. The summed E-state index contributed by atoms with van der Waals surface area (Å²) < 4.78 is 9.98. The van der Waals surface area contributed by atoms with E-state index in [-0.39, 0.29) is 30.1 Å². The van der Waals surface area contributed by atoms with Gasteiger partial charge in [-0.25, -0.2) is 9.59 Å². The number of allylic oxidation sites excluding steroid dienone is 1. The lowest BCUT2D eigenvalue weighted by atomic mass is 10.1. The average molecular weight is 318 g/mol. The molecule has 0 spiro atoms. The Kier molecular flexibility index (Phi) is 7.39. The van der Waals surface area contributed by atoms with Crippen molar-refractivity contribution in [1.29, 1.82) is 0 Å². The minimum atomic E-state index is -0.665. The van der Waals surface area contributed by atoms with Crippen LogP contribution in [0, 0.1) is 0 Å². The third kappa shape index (κ3) is 5.50. The van der Waals surface area contributed by atoms with Crippen molar-refractivity contribution in [2.75, 3.05) is 18.5 Å². The number of benzene rings is 1. The van der Waals surface area contributed by atoms with E-state index in [1.165, 1.54) is 13.1 Å². The third-order valence-corrected chi connectivity index (χ3v) is 2.80. The minimum Gasteiger partial charge on any atom is -0.462 e. The molecule has 1 aromatic rings. The van der Waals surface area contributed by atoms with Gasteiger partial charge in [0.2, 0.25) is 0 Å². The van der Waals surface area contributed by atoms with Gasteiger partial charge in [-0.15, -0.1) is 0 Å². The Morgan fingerprint density at radius 2 is 1.65 bits per heavy atom. The first kappa shape index (κ1) is 18.3. The molecule has 0 saturated heterocycles. The van der Waals surface area contributed by atoms with E-state index in [1.807, 2.05) is 30.3 Å². The zero-order valence-corrected chi connectivity index (χ0v) is 13.6. The Morgan fingerprint density at radius 3 is 2.17 bits per heavy atom. The van der Waals surface area contributed by atoms with E-state index in [9.17, 15) is 9.59 Å². The number of carbonyl (C=O) groups excluding carboxylic acids is 2. The van der Waals surface area contributed by atoms with Crippen molar-refractivity contribution in [2.24, 2.45) is 5.73 Å². The lowest BCUT2D eigenvalue weighted by Gasteiger charge is -2.13. The molecule has 124 valence electrons. The summed E-state index contributed by atoms with van der Waals surface area (Å²) in [4.78, 5) is 24.3. The molecule has 0 bridgehead atoms. The van der Waals surface area contributed by atoms with Crippen LogP contribution in [-0.2, 0) is 19.1 Å². The molecule has 0 unspecified atom stereocenters. The first-order chi connectivity index (χ1) is 11.0. The largest absolute Gasteiger partial charge is 0.462 e. The van der Waals surface area contributed by atoms with E-state index >= 15 is 0 Å². The van der Waals surface area contributed by atoms with Crippen LogP contribution in [0.4, 0.5) is 5.69 Å². The number of carbonyl (C=O) groups is 2. The van der Waals surface area contributed by atoms with Gasteiger partial charge in [-0.2, -0.15) is 0 Å². The monoisotopic (exact) mass is 318 g/mol. The molecular formula is C17H22N2O4. The summed E-state index contributed by atoms with van der Waals surface area (Å²) >= 11 is 0. The summed E-state index contributed by atoms with van der Waals surface area (Å²) in [6.45, 7) is 5.25. The lowest BCUT2D eigenvalue weighted by molar-refractivity contribution is -0.142. The standard InChI is InChI=1S/C17H22N2O4/c1-4-22-16(20)14(11-19-13-9-7-6-8-10-13)15(12(3)18)17(21)23-5-2/h6-11,19H,4-5,18H2,1-3H3/b14-11+,15-12+. The maximum absolute atomic E-state index is 12.2. The molecule has 0 heterocycles. The van der Waals surface area contributed by atoms with Gasteiger partial charge in [0.05, 0.1) is 24.4 Å². The fourth-order valence-electron chi connectivity index (χ4n) is 1.82. The lowest BCUT2D eigenvalue weighted by Crippen LogP contribution is -2.21. The van der Waals surface area contributed by atoms with Gasteiger partial charge >= 0.3 is 11.9 Å². The van der Waals surface area contributed by atoms with E-state index in [0.717, 1.165) is 5.69 Å². The zero-order chi connectivity index (χ0) is 17.2. The van der Waals surface area contributed by atoms with Crippen LogP contribution in [-0.4, -0.2) is 25.2 Å². The molecule has 1 aromatic carbocycles. The maximum atomic E-state index is 12.2. The number of anilines is 1. The molecule has 0 aliphatic rings. The van der Waals surface area contributed by atoms with Gasteiger partial charge in [-0.1, -0.05) is 18.2 Å². The molecule has 0 aliphatic carbocycles. The number of hydrogen-bond donors (Lipinski definition) is 2.